The predicted molar refractivity (Wildman–Crippen MR) is 104 cm³/mol. The molecule has 1 fully saturated rings. The second-order valence-corrected chi connectivity index (χ2v) is 8.47. The van der Waals surface area contributed by atoms with Crippen molar-refractivity contribution in [3.8, 4) is 0 Å². The number of nitrogens with one attached hydrogen (secondary N) is 1. The van der Waals surface area contributed by atoms with Gasteiger partial charge in [0.05, 0.1) is 21.4 Å². The Labute approximate surface area is 160 Å². The van der Waals surface area contributed by atoms with Gasteiger partial charge < -0.3 is 9.88 Å². The largest absolute Gasteiger partial charge is 0.339 e. The van der Waals surface area contributed by atoms with E-state index >= 15 is 0 Å². The quantitative estimate of drug-likeness (QED) is 0.704. The van der Waals surface area contributed by atoms with Crippen molar-refractivity contribution in [2.24, 2.45) is 0 Å². The number of aromatic nitrogens is 3. The summed E-state index contributed by atoms with van der Waals surface area (Å²) in [6, 6.07) is 5.72. The molecule has 138 valence electrons. The standard InChI is InChI=1S/C20H20N4O2S/c1-12-22-17-14(18(25)23-12)4-5-20(17)6-8-24(9-7-20)19(26)13-2-3-15-16(10-13)27-11-21-15/h2-3,10-11H,4-9H2,1H3,(H,22,23,25). The third-order valence-electron chi connectivity index (χ3n) is 6.08. The number of hydrogen-bond acceptors (Lipinski definition) is 5. The average Bonchev–Trinajstić information content (AvgIpc) is 3.27. The minimum Gasteiger partial charge on any atom is -0.339 e. The first kappa shape index (κ1) is 16.6. The Morgan fingerprint density at radius 1 is 1.26 bits per heavy atom. The highest BCUT2D eigenvalue weighted by Crippen LogP contribution is 2.44. The predicted octanol–water partition coefficient (Wildman–Crippen LogP) is 2.81. The minimum absolute atomic E-state index is 0.00532. The third kappa shape index (κ3) is 2.60. The Morgan fingerprint density at radius 3 is 2.89 bits per heavy atom. The van der Waals surface area contributed by atoms with Crippen LogP contribution in [0.4, 0.5) is 0 Å². The zero-order valence-electron chi connectivity index (χ0n) is 15.1. The summed E-state index contributed by atoms with van der Waals surface area (Å²) in [4.78, 5) is 38.9. The number of likely N-dealkylation sites (tertiary alicyclic amines) is 1. The first-order valence-electron chi connectivity index (χ1n) is 9.29. The van der Waals surface area contributed by atoms with Crippen LogP contribution >= 0.6 is 11.3 Å². The van der Waals surface area contributed by atoms with Crippen molar-refractivity contribution in [2.75, 3.05) is 13.1 Å². The number of nitrogens with zero attached hydrogens (tertiary/aromatic N) is 3. The first-order chi connectivity index (χ1) is 13.1. The molecule has 0 atom stereocenters. The van der Waals surface area contributed by atoms with Crippen LogP contribution in [0.15, 0.2) is 28.5 Å². The van der Waals surface area contributed by atoms with E-state index in [0.717, 1.165) is 52.7 Å². The maximum Gasteiger partial charge on any atom is 0.254 e. The van der Waals surface area contributed by atoms with E-state index in [1.54, 1.807) is 16.8 Å². The number of piperidine rings is 1. The van der Waals surface area contributed by atoms with Crippen LogP contribution in [-0.4, -0.2) is 38.8 Å². The number of H-pyrrole nitrogens is 1. The molecule has 3 heterocycles. The number of aryl methyl sites for hydroxylation is 1. The van der Waals surface area contributed by atoms with Crippen molar-refractivity contribution >= 4 is 27.5 Å². The summed E-state index contributed by atoms with van der Waals surface area (Å²) in [5.74, 6) is 0.754. The van der Waals surface area contributed by atoms with Gasteiger partial charge in [-0.3, -0.25) is 9.59 Å². The van der Waals surface area contributed by atoms with Crippen LogP contribution in [0.3, 0.4) is 0 Å². The Hall–Kier alpha value is -2.54. The van der Waals surface area contributed by atoms with Gasteiger partial charge in [0.15, 0.2) is 0 Å². The second-order valence-electron chi connectivity index (χ2n) is 7.59. The Balaban J connectivity index is 1.38. The number of carbonyl (C=O) groups is 1. The highest BCUT2D eigenvalue weighted by Gasteiger charge is 2.44. The molecule has 3 aromatic rings. The zero-order valence-corrected chi connectivity index (χ0v) is 15.9. The maximum absolute atomic E-state index is 13.0. The highest BCUT2D eigenvalue weighted by molar-refractivity contribution is 7.16. The van der Waals surface area contributed by atoms with Crippen molar-refractivity contribution in [1.29, 1.82) is 0 Å². The van der Waals surface area contributed by atoms with E-state index in [1.165, 1.54) is 0 Å². The number of aromatic amines is 1. The van der Waals surface area contributed by atoms with Crippen molar-refractivity contribution < 1.29 is 4.79 Å². The highest BCUT2D eigenvalue weighted by atomic mass is 32.1. The normalized spacial score (nSPS) is 18.2. The molecule has 7 heteroatoms. The monoisotopic (exact) mass is 380 g/mol. The number of hydrogen-bond donors (Lipinski definition) is 1. The lowest BCUT2D eigenvalue weighted by molar-refractivity contribution is 0.0663. The summed E-state index contributed by atoms with van der Waals surface area (Å²) in [7, 11) is 0. The summed E-state index contributed by atoms with van der Waals surface area (Å²) in [5.41, 5.74) is 5.23. The smallest absolute Gasteiger partial charge is 0.254 e. The molecule has 5 rings (SSSR count). The molecule has 1 aromatic carbocycles. The van der Waals surface area contributed by atoms with Gasteiger partial charge in [-0.2, -0.15) is 0 Å². The summed E-state index contributed by atoms with van der Waals surface area (Å²) in [5, 5.41) is 0. The van der Waals surface area contributed by atoms with E-state index in [0.29, 0.717) is 18.9 Å². The van der Waals surface area contributed by atoms with Gasteiger partial charge in [-0.1, -0.05) is 0 Å². The molecule has 1 saturated heterocycles. The minimum atomic E-state index is -0.0488. The van der Waals surface area contributed by atoms with E-state index in [1.807, 2.05) is 30.0 Å². The molecule has 0 bridgehead atoms. The summed E-state index contributed by atoms with van der Waals surface area (Å²) < 4.78 is 1.04. The van der Waals surface area contributed by atoms with Crippen LogP contribution in [0.1, 0.15) is 46.7 Å². The number of amides is 1. The van der Waals surface area contributed by atoms with Crippen LogP contribution < -0.4 is 5.56 Å². The molecular weight excluding hydrogens is 360 g/mol. The van der Waals surface area contributed by atoms with Crippen molar-refractivity contribution in [2.45, 2.75) is 38.0 Å². The molecule has 2 aromatic heterocycles. The molecule has 2 aliphatic rings. The number of benzene rings is 1. The van der Waals surface area contributed by atoms with Gasteiger partial charge in [-0.25, -0.2) is 9.97 Å². The topological polar surface area (TPSA) is 79.0 Å². The van der Waals surface area contributed by atoms with E-state index in [2.05, 4.69) is 15.0 Å². The summed E-state index contributed by atoms with van der Waals surface area (Å²) in [6.07, 6.45) is 3.47. The lowest BCUT2D eigenvalue weighted by Crippen LogP contribution is -2.44. The van der Waals surface area contributed by atoms with Crippen LogP contribution in [0, 0.1) is 6.92 Å². The van der Waals surface area contributed by atoms with Gasteiger partial charge in [0, 0.05) is 29.6 Å². The van der Waals surface area contributed by atoms with Crippen LogP contribution in [0.5, 0.6) is 0 Å². The van der Waals surface area contributed by atoms with Gasteiger partial charge >= 0.3 is 0 Å². The molecule has 0 saturated carbocycles. The van der Waals surface area contributed by atoms with Crippen molar-refractivity contribution in [1.82, 2.24) is 19.9 Å². The van der Waals surface area contributed by atoms with E-state index in [4.69, 9.17) is 0 Å². The molecular formula is C20H20N4O2S. The number of rotatable bonds is 1. The number of thiazole rings is 1. The summed E-state index contributed by atoms with van der Waals surface area (Å²) >= 11 is 1.55. The molecule has 1 spiro atoms. The van der Waals surface area contributed by atoms with E-state index in [-0.39, 0.29) is 16.9 Å². The molecule has 0 unspecified atom stereocenters. The zero-order chi connectivity index (χ0) is 18.6. The van der Waals surface area contributed by atoms with Gasteiger partial charge in [0.2, 0.25) is 0 Å². The van der Waals surface area contributed by atoms with Crippen LogP contribution in [-0.2, 0) is 11.8 Å². The molecule has 1 N–H and O–H groups in total. The molecule has 27 heavy (non-hydrogen) atoms. The lowest BCUT2D eigenvalue weighted by Gasteiger charge is -2.39. The molecule has 1 aliphatic heterocycles. The van der Waals surface area contributed by atoms with Gasteiger partial charge in [0.25, 0.3) is 11.5 Å². The second kappa shape index (κ2) is 5.99. The molecule has 1 aliphatic carbocycles. The van der Waals surface area contributed by atoms with Crippen LogP contribution in [0.2, 0.25) is 0 Å². The first-order valence-corrected chi connectivity index (χ1v) is 10.2. The number of carbonyl (C=O) groups excluding carboxylic acids is 1. The molecule has 6 nitrogen and oxygen atoms in total. The Kier molecular flexibility index (Phi) is 3.69. The summed E-state index contributed by atoms with van der Waals surface area (Å²) in [6.45, 7) is 3.24. The average molecular weight is 380 g/mol. The fourth-order valence-corrected chi connectivity index (χ4v) is 5.28. The Bertz CT molecular complexity index is 1110. The number of fused-ring (bicyclic) bond motifs is 3. The molecule has 0 radical (unpaired) electrons. The maximum atomic E-state index is 13.0. The third-order valence-corrected chi connectivity index (χ3v) is 6.87. The fraction of sp³-hybridized carbons (Fsp3) is 0.400. The van der Waals surface area contributed by atoms with Gasteiger partial charge in [0.1, 0.15) is 5.82 Å². The fourth-order valence-electron chi connectivity index (χ4n) is 4.56. The lowest BCUT2D eigenvalue weighted by atomic mass is 9.76. The van der Waals surface area contributed by atoms with Gasteiger partial charge in [-0.05, 0) is 50.8 Å². The van der Waals surface area contributed by atoms with E-state index < -0.39 is 0 Å². The SMILES string of the molecule is Cc1nc2c(c(=O)[nH]1)CCC21CCN(C(=O)c2ccc3ncsc3c2)CC1. The van der Waals surface area contributed by atoms with Crippen LogP contribution in [0.25, 0.3) is 10.2 Å². The van der Waals surface area contributed by atoms with Gasteiger partial charge in [-0.15, -0.1) is 11.3 Å². The Morgan fingerprint density at radius 2 is 2.07 bits per heavy atom. The molecule has 1 amide bonds. The van der Waals surface area contributed by atoms with Crippen molar-refractivity contribution in [3.05, 3.63) is 56.7 Å². The van der Waals surface area contributed by atoms with E-state index in [9.17, 15) is 9.59 Å². The van der Waals surface area contributed by atoms with Crippen molar-refractivity contribution in [3.63, 3.8) is 0 Å².